The summed E-state index contributed by atoms with van der Waals surface area (Å²) in [6.07, 6.45) is 2.85. The van der Waals surface area contributed by atoms with Gasteiger partial charge in [-0.25, -0.2) is 0 Å². The molecule has 8 nitrogen and oxygen atoms in total. The van der Waals surface area contributed by atoms with E-state index >= 15 is 0 Å². The van der Waals surface area contributed by atoms with Crippen molar-refractivity contribution in [1.82, 2.24) is 0 Å². The largest absolute Gasteiger partial charge is 0.463 e. The van der Waals surface area contributed by atoms with Crippen LogP contribution in [-0.4, -0.2) is 68.6 Å². The molecule has 2 saturated heterocycles. The van der Waals surface area contributed by atoms with E-state index in [1.54, 1.807) is 13.8 Å². The summed E-state index contributed by atoms with van der Waals surface area (Å²) in [5, 5.41) is 18.7. The van der Waals surface area contributed by atoms with E-state index in [2.05, 4.69) is 0 Å². The monoisotopic (exact) mass is 486 g/mol. The molecule has 0 unspecified atom stereocenters. The lowest BCUT2D eigenvalue weighted by atomic mass is 10.0. The summed E-state index contributed by atoms with van der Waals surface area (Å²) in [4.78, 5) is 50.9. The normalized spacial score (nSPS) is 34.7. The first-order valence-electron chi connectivity index (χ1n) is 12.1. The Bertz CT molecular complexity index is 625. The van der Waals surface area contributed by atoms with Crippen LogP contribution in [0.15, 0.2) is 0 Å². The number of ketones is 2. The van der Waals surface area contributed by atoms with Crippen LogP contribution in [-0.2, 0) is 28.7 Å². The predicted octanol–water partition coefficient (Wildman–Crippen LogP) is 2.89. The van der Waals surface area contributed by atoms with Gasteiger partial charge in [-0.1, -0.05) is 25.7 Å². The summed E-state index contributed by atoms with van der Waals surface area (Å²) in [7, 11) is 0. The lowest BCUT2D eigenvalue weighted by Crippen LogP contribution is -2.39. The van der Waals surface area contributed by atoms with Gasteiger partial charge in [0.2, 0.25) is 0 Å². The molecular weight excluding hydrogens is 448 g/mol. The Balaban J connectivity index is 2.22. The summed E-state index contributed by atoms with van der Waals surface area (Å²) in [5.74, 6) is -2.28. The van der Waals surface area contributed by atoms with Crippen molar-refractivity contribution < 1.29 is 38.9 Å². The molecule has 0 radical (unpaired) electrons. The van der Waals surface area contributed by atoms with Gasteiger partial charge in [-0.15, -0.1) is 11.8 Å². The average molecular weight is 487 g/mol. The van der Waals surface area contributed by atoms with Crippen molar-refractivity contribution in [3.05, 3.63) is 0 Å². The number of aliphatic hydroxyl groups excluding tert-OH is 2. The van der Waals surface area contributed by atoms with Crippen LogP contribution in [0.3, 0.4) is 0 Å². The van der Waals surface area contributed by atoms with Gasteiger partial charge in [-0.2, -0.15) is 0 Å². The molecule has 0 aromatic carbocycles. The van der Waals surface area contributed by atoms with Crippen LogP contribution in [0.4, 0.5) is 0 Å². The smallest absolute Gasteiger partial charge is 0.307 e. The van der Waals surface area contributed by atoms with Gasteiger partial charge in [0.25, 0.3) is 0 Å². The molecule has 0 bridgehead atoms. The zero-order valence-electron chi connectivity index (χ0n) is 19.7. The van der Waals surface area contributed by atoms with E-state index in [-0.39, 0.29) is 37.9 Å². The van der Waals surface area contributed by atoms with Crippen LogP contribution in [0.25, 0.3) is 0 Å². The fourth-order valence-electron chi connectivity index (χ4n) is 4.20. The highest BCUT2D eigenvalue weighted by molar-refractivity contribution is 8.02. The summed E-state index contributed by atoms with van der Waals surface area (Å²) in [5.41, 5.74) is 0. The van der Waals surface area contributed by atoms with Gasteiger partial charge in [-0.05, 0) is 52.4 Å². The Hall–Kier alpha value is -1.45. The average Bonchev–Trinajstić information content (AvgIpc) is 2.74. The van der Waals surface area contributed by atoms with E-state index < -0.39 is 46.2 Å². The number of carbonyl (C=O) groups excluding carboxylic acids is 4. The van der Waals surface area contributed by atoms with Crippen molar-refractivity contribution in [1.29, 1.82) is 0 Å². The Morgan fingerprint density at radius 1 is 0.636 bits per heavy atom. The standard InChI is InChI=1S/C24H38O8S/c1-15-9-5-3-7-11-17(25)23(29)19(13-21(27)31-15)33-20-14-22(28)32-16(2)10-6-4-8-12-18(26)24(20)30/h15-20,25-26H,3-14H2,1-2H3/t15-,16-,17+,18+,19-,20-/m1/s1. The lowest BCUT2D eigenvalue weighted by Gasteiger charge is -2.26. The topological polar surface area (TPSA) is 127 Å². The van der Waals surface area contributed by atoms with Gasteiger partial charge in [-0.3, -0.25) is 19.2 Å². The Labute approximate surface area is 200 Å². The van der Waals surface area contributed by atoms with Crippen molar-refractivity contribution >= 4 is 35.3 Å². The molecule has 2 rings (SSSR count). The highest BCUT2D eigenvalue weighted by atomic mass is 32.2. The molecule has 0 aromatic heterocycles. The highest BCUT2D eigenvalue weighted by Gasteiger charge is 2.37. The number of cyclic esters (lactones) is 2. The number of hydrogen-bond acceptors (Lipinski definition) is 9. The minimum Gasteiger partial charge on any atom is -0.463 e. The second-order valence-electron chi connectivity index (χ2n) is 9.23. The van der Waals surface area contributed by atoms with Crippen LogP contribution < -0.4 is 0 Å². The summed E-state index contributed by atoms with van der Waals surface area (Å²) >= 11 is 0.856. The van der Waals surface area contributed by atoms with E-state index in [1.807, 2.05) is 0 Å². The maximum Gasteiger partial charge on any atom is 0.307 e. The van der Waals surface area contributed by atoms with Gasteiger partial charge in [0.1, 0.15) is 12.2 Å². The van der Waals surface area contributed by atoms with Crippen LogP contribution in [0.1, 0.15) is 90.9 Å². The second kappa shape index (κ2) is 14.1. The molecule has 2 aliphatic heterocycles. The van der Waals surface area contributed by atoms with E-state index in [1.165, 1.54) is 0 Å². The molecule has 0 saturated carbocycles. The number of rotatable bonds is 2. The molecule has 0 aromatic rings. The zero-order chi connectivity index (χ0) is 24.4. The van der Waals surface area contributed by atoms with Gasteiger partial charge in [0.15, 0.2) is 11.6 Å². The predicted molar refractivity (Wildman–Crippen MR) is 124 cm³/mol. The third kappa shape index (κ3) is 9.74. The molecule has 2 fully saturated rings. The van der Waals surface area contributed by atoms with E-state index in [9.17, 15) is 29.4 Å². The zero-order valence-corrected chi connectivity index (χ0v) is 20.5. The third-order valence-electron chi connectivity index (χ3n) is 6.17. The fraction of sp³-hybridized carbons (Fsp3) is 0.833. The van der Waals surface area contributed by atoms with Gasteiger partial charge in [0, 0.05) is 0 Å². The van der Waals surface area contributed by atoms with E-state index in [0.717, 1.165) is 37.4 Å². The molecule has 9 heteroatoms. The minimum atomic E-state index is -1.26. The molecule has 2 N–H and O–H groups in total. The molecule has 2 aliphatic rings. The molecular formula is C24H38O8S. The molecule has 6 atom stereocenters. The van der Waals surface area contributed by atoms with Gasteiger partial charge < -0.3 is 19.7 Å². The molecule has 2 heterocycles. The number of aliphatic hydroxyl groups is 2. The molecule has 33 heavy (non-hydrogen) atoms. The van der Waals surface area contributed by atoms with Crippen LogP contribution in [0.5, 0.6) is 0 Å². The first-order valence-corrected chi connectivity index (χ1v) is 13.1. The van der Waals surface area contributed by atoms with Crippen molar-refractivity contribution in [2.24, 2.45) is 0 Å². The Morgan fingerprint density at radius 2 is 1.00 bits per heavy atom. The number of carbonyl (C=O) groups is 4. The highest BCUT2D eigenvalue weighted by Crippen LogP contribution is 2.30. The fourth-order valence-corrected chi connectivity index (χ4v) is 5.65. The maximum absolute atomic E-state index is 13.0. The molecule has 188 valence electrons. The first-order chi connectivity index (χ1) is 15.7. The minimum absolute atomic E-state index is 0.278. The SMILES string of the molecule is C[C@@H]1CCCCC[C@H](O)C(=O)[C@H](S[C@@H]2CC(=O)O[C@H](C)CCCCC[C@H](O)C2=O)CC(=O)O1. The second-order valence-corrected chi connectivity index (χ2v) is 10.6. The number of Topliss-reactive ketones (excluding diaryl/α,β-unsaturated/α-hetero) is 2. The maximum atomic E-state index is 13.0. The molecule has 0 amide bonds. The van der Waals surface area contributed by atoms with Crippen LogP contribution in [0.2, 0.25) is 0 Å². The Kier molecular flexibility index (Phi) is 11.8. The van der Waals surface area contributed by atoms with E-state index in [0.29, 0.717) is 25.7 Å². The third-order valence-corrected chi connectivity index (χ3v) is 7.62. The van der Waals surface area contributed by atoms with Crippen molar-refractivity contribution in [3.8, 4) is 0 Å². The summed E-state index contributed by atoms with van der Waals surface area (Å²) < 4.78 is 10.8. The number of ether oxygens (including phenoxy) is 2. The van der Waals surface area contributed by atoms with Crippen LogP contribution >= 0.6 is 11.8 Å². The van der Waals surface area contributed by atoms with Gasteiger partial charge >= 0.3 is 11.9 Å². The molecule has 0 aliphatic carbocycles. The summed E-state index contributed by atoms with van der Waals surface area (Å²) in [6.45, 7) is 3.60. The van der Waals surface area contributed by atoms with E-state index in [4.69, 9.17) is 9.47 Å². The first kappa shape index (κ1) is 27.8. The lowest BCUT2D eigenvalue weighted by molar-refractivity contribution is -0.150. The van der Waals surface area contributed by atoms with Crippen LogP contribution in [0, 0.1) is 0 Å². The van der Waals surface area contributed by atoms with Gasteiger partial charge in [0.05, 0.1) is 35.5 Å². The number of esters is 2. The van der Waals surface area contributed by atoms with Crippen molar-refractivity contribution in [3.63, 3.8) is 0 Å². The number of hydrogen-bond donors (Lipinski definition) is 2. The Morgan fingerprint density at radius 3 is 1.39 bits per heavy atom. The van der Waals surface area contributed by atoms with Crippen molar-refractivity contribution in [2.45, 2.75) is 126 Å². The molecule has 0 spiro atoms. The number of thioether (sulfide) groups is 1. The quantitative estimate of drug-likeness (QED) is 0.566. The van der Waals surface area contributed by atoms with Crippen molar-refractivity contribution in [2.75, 3.05) is 0 Å². The summed E-state index contributed by atoms with van der Waals surface area (Å²) in [6, 6.07) is 0.